The molecular formula is C11H9NO2S4. The maximum Gasteiger partial charge on any atom is 0.265 e. The molecule has 0 aliphatic carbocycles. The van der Waals surface area contributed by atoms with Crippen molar-refractivity contribution in [2.45, 2.75) is 20.3 Å². The smallest absolute Gasteiger partial charge is 0.265 e. The third-order valence-corrected chi connectivity index (χ3v) is 8.39. The number of imide groups is 1. The van der Waals surface area contributed by atoms with Gasteiger partial charge >= 0.3 is 0 Å². The average Bonchev–Trinajstić information content (AvgIpc) is 2.84. The topological polar surface area (TPSA) is 46.2 Å². The van der Waals surface area contributed by atoms with E-state index in [9.17, 15) is 9.59 Å². The minimum atomic E-state index is -0.247. The quantitative estimate of drug-likeness (QED) is 0.689. The molecule has 3 aliphatic rings. The van der Waals surface area contributed by atoms with Crippen molar-refractivity contribution in [2.75, 3.05) is 0 Å². The van der Waals surface area contributed by atoms with Crippen molar-refractivity contribution in [3.8, 4) is 0 Å². The predicted molar refractivity (Wildman–Crippen MR) is 80.6 cm³/mol. The summed E-state index contributed by atoms with van der Waals surface area (Å²) in [4.78, 5) is 27.3. The summed E-state index contributed by atoms with van der Waals surface area (Å²) in [5, 5.41) is 2.36. The van der Waals surface area contributed by atoms with Gasteiger partial charge in [0.15, 0.2) is 0 Å². The van der Waals surface area contributed by atoms with E-state index in [-0.39, 0.29) is 11.8 Å². The zero-order chi connectivity index (χ0) is 12.9. The lowest BCUT2D eigenvalue weighted by atomic mass is 10.3. The zero-order valence-electron chi connectivity index (χ0n) is 9.66. The maximum absolute atomic E-state index is 11.7. The molecule has 0 saturated heterocycles. The van der Waals surface area contributed by atoms with Crippen molar-refractivity contribution < 1.29 is 9.59 Å². The van der Waals surface area contributed by atoms with Crippen LogP contribution in [0.1, 0.15) is 20.3 Å². The predicted octanol–water partition coefficient (Wildman–Crippen LogP) is 3.58. The van der Waals surface area contributed by atoms with Crippen LogP contribution in [-0.4, -0.2) is 11.8 Å². The summed E-state index contributed by atoms with van der Waals surface area (Å²) in [6, 6.07) is 0. The van der Waals surface area contributed by atoms with Crippen LogP contribution in [0.3, 0.4) is 0 Å². The van der Waals surface area contributed by atoms with E-state index in [0.29, 0.717) is 11.3 Å². The summed E-state index contributed by atoms with van der Waals surface area (Å²) in [6.45, 7) is 4.21. The molecule has 3 nitrogen and oxygen atoms in total. The Labute approximate surface area is 122 Å². The van der Waals surface area contributed by atoms with E-state index in [0.717, 1.165) is 9.14 Å². The van der Waals surface area contributed by atoms with Crippen molar-refractivity contribution in [3.63, 3.8) is 0 Å². The van der Waals surface area contributed by atoms with E-state index < -0.39 is 0 Å². The van der Waals surface area contributed by atoms with Crippen molar-refractivity contribution in [1.82, 2.24) is 5.32 Å². The average molecular weight is 315 g/mol. The van der Waals surface area contributed by atoms with Gasteiger partial charge in [-0.05, 0) is 23.7 Å². The highest BCUT2D eigenvalue weighted by Gasteiger charge is 2.35. The lowest BCUT2D eigenvalue weighted by Crippen LogP contribution is -2.34. The molecule has 3 heterocycles. The van der Waals surface area contributed by atoms with Crippen molar-refractivity contribution in [1.29, 1.82) is 0 Å². The summed E-state index contributed by atoms with van der Waals surface area (Å²) in [6.07, 6.45) is 0.330. The molecule has 0 aromatic carbocycles. The molecule has 0 bridgehead atoms. The Morgan fingerprint density at radius 3 is 2.22 bits per heavy atom. The van der Waals surface area contributed by atoms with E-state index in [1.54, 1.807) is 35.3 Å². The molecule has 3 rings (SSSR count). The molecule has 0 radical (unpaired) electrons. The fraction of sp³-hybridized carbons (Fsp3) is 0.273. The van der Waals surface area contributed by atoms with Gasteiger partial charge in [-0.2, -0.15) is 0 Å². The molecule has 2 amide bonds. The number of amides is 2. The first-order valence-electron chi connectivity index (χ1n) is 5.25. The molecule has 7 heteroatoms. The van der Waals surface area contributed by atoms with Crippen LogP contribution in [-0.2, 0) is 9.59 Å². The van der Waals surface area contributed by atoms with Gasteiger partial charge < -0.3 is 0 Å². The highest BCUT2D eigenvalue weighted by atomic mass is 32.2. The standard InChI is InChI=1S/C11H9NO2S4/c1-4-5(2)16-10(15-4)11-17-6-3-7(13)12-9(14)8(6)18-11/h3H2,1-2H3,(H,12,13,14). The second kappa shape index (κ2) is 4.70. The van der Waals surface area contributed by atoms with E-state index in [2.05, 4.69) is 19.2 Å². The summed E-state index contributed by atoms with van der Waals surface area (Å²) < 4.78 is 2.37. The van der Waals surface area contributed by atoms with Crippen molar-refractivity contribution >= 4 is 58.9 Å². The number of nitrogens with one attached hydrogen (secondary N) is 1. The Balaban J connectivity index is 1.85. The summed E-state index contributed by atoms with van der Waals surface area (Å²) >= 11 is 6.58. The molecule has 3 aliphatic heterocycles. The van der Waals surface area contributed by atoms with Gasteiger partial charge in [-0.15, -0.1) is 0 Å². The maximum atomic E-state index is 11.7. The largest absolute Gasteiger partial charge is 0.292 e. The number of rotatable bonds is 0. The highest BCUT2D eigenvalue weighted by molar-refractivity contribution is 8.34. The van der Waals surface area contributed by atoms with E-state index in [4.69, 9.17) is 0 Å². The lowest BCUT2D eigenvalue weighted by molar-refractivity contribution is -0.128. The Kier molecular flexibility index (Phi) is 3.34. The van der Waals surface area contributed by atoms with Gasteiger partial charge in [0.25, 0.3) is 5.91 Å². The number of allylic oxidation sites excluding steroid dienone is 2. The number of carbonyl (C=O) groups is 2. The molecule has 0 fully saturated rings. The minimum Gasteiger partial charge on any atom is -0.292 e. The van der Waals surface area contributed by atoms with Gasteiger partial charge in [0, 0.05) is 4.91 Å². The molecule has 0 spiro atoms. The molecule has 0 saturated carbocycles. The van der Waals surface area contributed by atoms with Crippen LogP contribution in [0.15, 0.2) is 28.1 Å². The Morgan fingerprint density at radius 1 is 0.944 bits per heavy atom. The van der Waals surface area contributed by atoms with Gasteiger partial charge in [-0.25, -0.2) is 0 Å². The van der Waals surface area contributed by atoms with Crippen LogP contribution in [0.25, 0.3) is 0 Å². The van der Waals surface area contributed by atoms with Gasteiger partial charge in [0.05, 0.1) is 19.8 Å². The number of hydrogen-bond acceptors (Lipinski definition) is 6. The van der Waals surface area contributed by atoms with Crippen LogP contribution in [0, 0.1) is 0 Å². The van der Waals surface area contributed by atoms with Gasteiger partial charge in [0.2, 0.25) is 5.91 Å². The van der Waals surface area contributed by atoms with Crippen LogP contribution >= 0.6 is 47.0 Å². The van der Waals surface area contributed by atoms with Crippen LogP contribution < -0.4 is 5.32 Å². The number of thioether (sulfide) groups is 4. The zero-order valence-corrected chi connectivity index (χ0v) is 12.9. The van der Waals surface area contributed by atoms with Crippen LogP contribution in [0.2, 0.25) is 0 Å². The third-order valence-electron chi connectivity index (χ3n) is 2.60. The van der Waals surface area contributed by atoms with Gasteiger partial charge in [-0.3, -0.25) is 14.9 Å². The SMILES string of the molecule is CC1=C(C)SC(=C2SC3=C(S2)C(=O)NC(=O)C3)S1. The molecule has 0 aromatic heterocycles. The Hall–Kier alpha value is -0.240. The summed E-state index contributed by atoms with van der Waals surface area (Å²) in [5.41, 5.74) is 0. The fourth-order valence-corrected chi connectivity index (χ4v) is 7.04. The number of carbonyl (C=O) groups excluding carboxylic acids is 2. The Bertz CT molecular complexity index is 558. The van der Waals surface area contributed by atoms with Crippen LogP contribution in [0.5, 0.6) is 0 Å². The summed E-state index contributed by atoms with van der Waals surface area (Å²) in [7, 11) is 0. The lowest BCUT2D eigenvalue weighted by Gasteiger charge is -2.10. The first kappa shape index (κ1) is 12.8. The molecule has 94 valence electrons. The third kappa shape index (κ3) is 2.17. The van der Waals surface area contributed by atoms with Crippen molar-refractivity contribution in [3.05, 3.63) is 28.1 Å². The van der Waals surface area contributed by atoms with E-state index in [1.807, 2.05) is 0 Å². The van der Waals surface area contributed by atoms with Crippen LogP contribution in [0.4, 0.5) is 0 Å². The molecule has 0 atom stereocenters. The molecule has 0 unspecified atom stereocenters. The molecule has 18 heavy (non-hydrogen) atoms. The van der Waals surface area contributed by atoms with Gasteiger partial charge in [-0.1, -0.05) is 47.0 Å². The van der Waals surface area contributed by atoms with E-state index in [1.165, 1.54) is 25.8 Å². The Morgan fingerprint density at radius 2 is 1.56 bits per heavy atom. The van der Waals surface area contributed by atoms with Gasteiger partial charge in [0.1, 0.15) is 0 Å². The minimum absolute atomic E-state index is 0.199. The molecular weight excluding hydrogens is 306 g/mol. The second-order valence-corrected chi connectivity index (χ2v) is 8.99. The normalized spacial score (nSPS) is 24.1. The fourth-order valence-electron chi connectivity index (χ4n) is 1.60. The molecule has 0 aromatic rings. The second-order valence-electron chi connectivity index (χ2n) is 3.90. The monoisotopic (exact) mass is 315 g/mol. The molecule has 1 N–H and O–H groups in total. The first-order valence-corrected chi connectivity index (χ1v) is 8.51. The number of hydrogen-bond donors (Lipinski definition) is 1. The van der Waals surface area contributed by atoms with Crippen molar-refractivity contribution in [2.24, 2.45) is 0 Å². The summed E-state index contributed by atoms with van der Waals surface area (Å²) in [5.74, 6) is -0.445. The van der Waals surface area contributed by atoms with E-state index >= 15 is 0 Å². The highest BCUT2D eigenvalue weighted by Crippen LogP contribution is 2.60. The first-order chi connectivity index (χ1) is 8.54.